The first-order valence-corrected chi connectivity index (χ1v) is 4.13. The number of benzene rings is 1. The molecule has 0 heterocycles. The van der Waals surface area contributed by atoms with Crippen molar-refractivity contribution in [2.24, 2.45) is 4.99 Å². The van der Waals surface area contributed by atoms with Crippen LogP contribution in [0.15, 0.2) is 29.3 Å². The Bertz CT molecular complexity index is 433. The van der Waals surface area contributed by atoms with Crippen LogP contribution in [-0.2, 0) is 4.79 Å². The molecule has 1 aromatic rings. The molecule has 0 spiro atoms. The molecule has 0 saturated heterocycles. The molecule has 0 aliphatic rings. The molecule has 1 rings (SSSR count). The minimum atomic E-state index is -1.55. The average molecular weight is 204 g/mol. The highest BCUT2D eigenvalue weighted by molar-refractivity contribution is 5.54. The van der Waals surface area contributed by atoms with Crippen LogP contribution in [0.3, 0.4) is 0 Å². The minimum Gasteiger partial charge on any atom is -0.384 e. The van der Waals surface area contributed by atoms with Gasteiger partial charge in [-0.1, -0.05) is 18.2 Å². The molecule has 15 heavy (non-hydrogen) atoms. The third-order valence-corrected chi connectivity index (χ3v) is 1.85. The molecule has 2 unspecified atom stereocenters. The number of isocyanates is 1. The third kappa shape index (κ3) is 2.48. The molecular weight excluding hydrogens is 196 g/mol. The zero-order valence-electron chi connectivity index (χ0n) is 7.66. The van der Waals surface area contributed by atoms with Crippen LogP contribution in [0.25, 0.3) is 0 Å². The second-order valence-corrected chi connectivity index (χ2v) is 2.78. The normalized spacial score (nSPS) is 13.4. The second kappa shape index (κ2) is 5.03. The van der Waals surface area contributed by atoms with E-state index in [1.54, 1.807) is 12.1 Å². The summed E-state index contributed by atoms with van der Waals surface area (Å²) in [6.45, 7) is 0. The number of aliphatic imine (C=N–C) groups is 1. The summed E-state index contributed by atoms with van der Waals surface area (Å²) in [6, 6.07) is 7.67. The zero-order valence-corrected chi connectivity index (χ0v) is 7.66. The molecule has 1 aromatic carbocycles. The van der Waals surface area contributed by atoms with E-state index in [2.05, 4.69) is 4.99 Å². The topological polar surface area (TPSA) is 93.7 Å². The lowest BCUT2D eigenvalue weighted by Gasteiger charge is -2.13. The molecule has 0 radical (unpaired) electrons. The van der Waals surface area contributed by atoms with Crippen molar-refractivity contribution in [3.8, 4) is 6.07 Å². The van der Waals surface area contributed by atoms with E-state index in [9.17, 15) is 9.90 Å². The summed E-state index contributed by atoms with van der Waals surface area (Å²) >= 11 is 0. The lowest BCUT2D eigenvalue weighted by molar-refractivity contribution is 0.0532. The van der Waals surface area contributed by atoms with Crippen LogP contribution in [0.4, 0.5) is 5.69 Å². The van der Waals surface area contributed by atoms with E-state index in [-0.39, 0.29) is 11.3 Å². The van der Waals surface area contributed by atoms with Gasteiger partial charge in [-0.05, 0) is 6.07 Å². The van der Waals surface area contributed by atoms with Crippen LogP contribution in [0, 0.1) is 11.3 Å². The maximum absolute atomic E-state index is 10.1. The van der Waals surface area contributed by atoms with E-state index in [0.717, 1.165) is 0 Å². The number of aliphatic hydroxyl groups excluding tert-OH is 2. The standard InChI is InChI=1S/C10H8N2O3/c11-5-9(14)10(15)7-3-1-2-4-8(7)12-6-13/h1-4,9-10,14-15H. The first-order valence-electron chi connectivity index (χ1n) is 4.13. The van der Waals surface area contributed by atoms with Crippen molar-refractivity contribution in [2.45, 2.75) is 12.2 Å². The maximum Gasteiger partial charge on any atom is 0.240 e. The number of nitriles is 1. The van der Waals surface area contributed by atoms with E-state index < -0.39 is 12.2 Å². The van der Waals surface area contributed by atoms with E-state index in [1.165, 1.54) is 24.3 Å². The van der Waals surface area contributed by atoms with E-state index in [0.29, 0.717) is 0 Å². The van der Waals surface area contributed by atoms with Crippen molar-refractivity contribution in [1.82, 2.24) is 0 Å². The van der Waals surface area contributed by atoms with Crippen LogP contribution in [0.5, 0.6) is 0 Å². The van der Waals surface area contributed by atoms with Gasteiger partial charge >= 0.3 is 0 Å². The van der Waals surface area contributed by atoms with Gasteiger partial charge in [-0.3, -0.25) is 0 Å². The summed E-state index contributed by atoms with van der Waals surface area (Å²) in [5.41, 5.74) is 0.407. The first-order chi connectivity index (χ1) is 7.20. The Labute approximate surface area is 85.9 Å². The number of para-hydroxylation sites is 1. The smallest absolute Gasteiger partial charge is 0.240 e. The van der Waals surface area contributed by atoms with Crippen molar-refractivity contribution in [1.29, 1.82) is 5.26 Å². The molecule has 0 bridgehead atoms. The molecule has 76 valence electrons. The van der Waals surface area contributed by atoms with E-state index in [1.807, 2.05) is 0 Å². The number of nitrogens with zero attached hydrogens (tertiary/aromatic N) is 2. The van der Waals surface area contributed by atoms with Gasteiger partial charge in [0, 0.05) is 5.56 Å². The van der Waals surface area contributed by atoms with Crippen molar-refractivity contribution in [3.05, 3.63) is 29.8 Å². The van der Waals surface area contributed by atoms with Crippen LogP contribution in [0.2, 0.25) is 0 Å². The van der Waals surface area contributed by atoms with E-state index in [4.69, 9.17) is 10.4 Å². The summed E-state index contributed by atoms with van der Waals surface area (Å²) in [5.74, 6) is 0. The highest BCUT2D eigenvalue weighted by Crippen LogP contribution is 2.26. The quantitative estimate of drug-likeness (QED) is 0.427. The van der Waals surface area contributed by atoms with Gasteiger partial charge in [0.15, 0.2) is 6.10 Å². The van der Waals surface area contributed by atoms with E-state index >= 15 is 0 Å². The molecule has 2 atom stereocenters. The zero-order chi connectivity index (χ0) is 11.3. The van der Waals surface area contributed by atoms with Crippen LogP contribution < -0.4 is 0 Å². The van der Waals surface area contributed by atoms with Gasteiger partial charge in [-0.2, -0.15) is 10.3 Å². The molecule has 5 nitrogen and oxygen atoms in total. The summed E-state index contributed by atoms with van der Waals surface area (Å²) in [4.78, 5) is 13.4. The predicted octanol–water partition coefficient (Wildman–Crippen LogP) is 0.572. The van der Waals surface area contributed by atoms with Gasteiger partial charge in [0.05, 0.1) is 11.8 Å². The number of hydrogen-bond acceptors (Lipinski definition) is 5. The molecule has 0 aliphatic carbocycles. The Morgan fingerprint density at radius 3 is 2.60 bits per heavy atom. The Morgan fingerprint density at radius 2 is 2.00 bits per heavy atom. The first kappa shape index (κ1) is 11.1. The number of rotatable bonds is 3. The SMILES string of the molecule is N#CC(O)C(O)c1ccccc1N=C=O. The van der Waals surface area contributed by atoms with Crippen molar-refractivity contribution in [3.63, 3.8) is 0 Å². The van der Waals surface area contributed by atoms with Crippen LogP contribution >= 0.6 is 0 Å². The van der Waals surface area contributed by atoms with Gasteiger partial charge in [0.25, 0.3) is 0 Å². The average Bonchev–Trinajstić information content (AvgIpc) is 2.28. The lowest BCUT2D eigenvalue weighted by atomic mass is 10.0. The number of aliphatic hydroxyl groups is 2. The minimum absolute atomic E-state index is 0.189. The lowest BCUT2D eigenvalue weighted by Crippen LogP contribution is -2.15. The summed E-state index contributed by atoms with van der Waals surface area (Å²) < 4.78 is 0. The van der Waals surface area contributed by atoms with Gasteiger partial charge < -0.3 is 10.2 Å². The Balaban J connectivity index is 3.13. The predicted molar refractivity (Wildman–Crippen MR) is 50.8 cm³/mol. The molecule has 0 aromatic heterocycles. The Hall–Kier alpha value is -1.99. The molecule has 0 saturated carbocycles. The Kier molecular flexibility index (Phi) is 3.72. The van der Waals surface area contributed by atoms with Crippen LogP contribution in [0.1, 0.15) is 11.7 Å². The molecule has 5 heteroatoms. The number of carbonyl (C=O) groups excluding carboxylic acids is 1. The summed E-state index contributed by atoms with van der Waals surface area (Å²) in [7, 11) is 0. The van der Waals surface area contributed by atoms with Gasteiger partial charge in [0.1, 0.15) is 6.10 Å². The van der Waals surface area contributed by atoms with Gasteiger partial charge in [-0.15, -0.1) is 0 Å². The molecular formula is C10H8N2O3. The van der Waals surface area contributed by atoms with Crippen molar-refractivity contribution in [2.75, 3.05) is 0 Å². The molecule has 2 N–H and O–H groups in total. The summed E-state index contributed by atoms with van der Waals surface area (Å²) in [5, 5.41) is 27.1. The molecule has 0 amide bonds. The monoisotopic (exact) mass is 204 g/mol. The Morgan fingerprint density at radius 1 is 1.33 bits per heavy atom. The van der Waals surface area contributed by atoms with Gasteiger partial charge in [-0.25, -0.2) is 4.79 Å². The molecule has 0 fully saturated rings. The maximum atomic E-state index is 10.1. The van der Waals surface area contributed by atoms with Crippen molar-refractivity contribution >= 4 is 11.8 Å². The fraction of sp³-hybridized carbons (Fsp3) is 0.200. The third-order valence-electron chi connectivity index (χ3n) is 1.85. The fourth-order valence-electron chi connectivity index (χ4n) is 1.13. The largest absolute Gasteiger partial charge is 0.384 e. The second-order valence-electron chi connectivity index (χ2n) is 2.78. The number of hydrogen-bond donors (Lipinski definition) is 2. The van der Waals surface area contributed by atoms with Crippen LogP contribution in [-0.4, -0.2) is 22.4 Å². The molecule has 0 aliphatic heterocycles. The van der Waals surface area contributed by atoms with Gasteiger partial charge in [0.2, 0.25) is 6.08 Å². The fourth-order valence-corrected chi connectivity index (χ4v) is 1.13. The highest BCUT2D eigenvalue weighted by Gasteiger charge is 2.20. The highest BCUT2D eigenvalue weighted by atomic mass is 16.3. The summed E-state index contributed by atoms with van der Waals surface area (Å²) in [6.07, 6.45) is -1.60. The van der Waals surface area contributed by atoms with Crippen molar-refractivity contribution < 1.29 is 15.0 Å².